The van der Waals surface area contributed by atoms with Gasteiger partial charge < -0.3 is 15.6 Å². The second-order valence-corrected chi connectivity index (χ2v) is 4.57. The van der Waals surface area contributed by atoms with E-state index >= 15 is 0 Å². The first kappa shape index (κ1) is 12.6. The molecule has 0 spiro atoms. The number of nitrogens with one attached hydrogen (secondary N) is 3. The van der Waals surface area contributed by atoms with Crippen LogP contribution in [0.25, 0.3) is 11.0 Å². The van der Waals surface area contributed by atoms with Crippen LogP contribution in [0.15, 0.2) is 24.5 Å². The normalized spacial score (nSPS) is 11.1. The lowest BCUT2D eigenvalue weighted by Crippen LogP contribution is -2.36. The van der Waals surface area contributed by atoms with Crippen molar-refractivity contribution in [3.05, 3.63) is 30.1 Å². The number of imidazole rings is 1. The molecule has 2 aromatic rings. The Morgan fingerprint density at radius 2 is 2.28 bits per heavy atom. The summed E-state index contributed by atoms with van der Waals surface area (Å²) in [6.07, 6.45) is 1.67. The van der Waals surface area contributed by atoms with Crippen molar-refractivity contribution in [2.75, 3.05) is 6.54 Å². The van der Waals surface area contributed by atoms with Crippen molar-refractivity contribution in [2.24, 2.45) is 0 Å². The Bertz CT molecular complexity index is 533. The van der Waals surface area contributed by atoms with E-state index < -0.39 is 0 Å². The first-order valence-corrected chi connectivity index (χ1v) is 6.07. The van der Waals surface area contributed by atoms with Gasteiger partial charge in [0.05, 0.1) is 23.9 Å². The van der Waals surface area contributed by atoms with Crippen LogP contribution in [0.1, 0.15) is 19.4 Å². The van der Waals surface area contributed by atoms with Crippen LogP contribution in [-0.2, 0) is 11.3 Å². The van der Waals surface area contributed by atoms with Gasteiger partial charge in [0.2, 0.25) is 5.91 Å². The van der Waals surface area contributed by atoms with Crippen molar-refractivity contribution in [3.8, 4) is 0 Å². The van der Waals surface area contributed by atoms with Gasteiger partial charge in [0.15, 0.2) is 0 Å². The second kappa shape index (κ2) is 5.64. The van der Waals surface area contributed by atoms with Crippen LogP contribution in [0.4, 0.5) is 0 Å². The van der Waals surface area contributed by atoms with Crippen LogP contribution in [0, 0.1) is 0 Å². The molecule has 0 aliphatic carbocycles. The summed E-state index contributed by atoms with van der Waals surface area (Å²) in [5.41, 5.74) is 2.98. The Labute approximate surface area is 106 Å². The molecule has 1 aromatic carbocycles. The van der Waals surface area contributed by atoms with Crippen molar-refractivity contribution in [3.63, 3.8) is 0 Å². The van der Waals surface area contributed by atoms with Crippen LogP contribution in [0.2, 0.25) is 0 Å². The molecule has 2 rings (SSSR count). The Kier molecular flexibility index (Phi) is 3.94. The van der Waals surface area contributed by atoms with Crippen LogP contribution in [0.3, 0.4) is 0 Å². The standard InChI is InChI=1S/C13H18N4O/c1-9(2)14-7-13(18)15-6-10-3-4-11-12(5-10)17-8-16-11/h3-5,8-9,14H,6-7H2,1-2H3,(H,15,18)(H,16,17). The van der Waals surface area contributed by atoms with Gasteiger partial charge in [-0.25, -0.2) is 4.98 Å². The highest BCUT2D eigenvalue weighted by atomic mass is 16.1. The van der Waals surface area contributed by atoms with Gasteiger partial charge in [0.1, 0.15) is 0 Å². The molecule has 0 saturated carbocycles. The lowest BCUT2D eigenvalue weighted by Gasteiger charge is -2.08. The minimum atomic E-state index is 0.00778. The molecule has 3 N–H and O–H groups in total. The number of carbonyl (C=O) groups excluding carboxylic acids is 1. The molecule has 1 heterocycles. The van der Waals surface area contributed by atoms with E-state index in [4.69, 9.17) is 0 Å². The molecule has 0 bridgehead atoms. The van der Waals surface area contributed by atoms with Crippen LogP contribution < -0.4 is 10.6 Å². The van der Waals surface area contributed by atoms with E-state index in [1.165, 1.54) is 0 Å². The van der Waals surface area contributed by atoms with E-state index in [1.807, 2.05) is 32.0 Å². The van der Waals surface area contributed by atoms with E-state index in [9.17, 15) is 4.79 Å². The maximum absolute atomic E-state index is 11.5. The number of hydrogen-bond donors (Lipinski definition) is 3. The zero-order chi connectivity index (χ0) is 13.0. The second-order valence-electron chi connectivity index (χ2n) is 4.57. The molecule has 0 fully saturated rings. The van der Waals surface area contributed by atoms with Crippen LogP contribution in [0.5, 0.6) is 0 Å². The van der Waals surface area contributed by atoms with Crippen molar-refractivity contribution >= 4 is 16.9 Å². The number of aromatic amines is 1. The van der Waals surface area contributed by atoms with Gasteiger partial charge in [0, 0.05) is 12.6 Å². The first-order valence-electron chi connectivity index (χ1n) is 6.07. The molecular weight excluding hydrogens is 228 g/mol. The Hall–Kier alpha value is -1.88. The van der Waals surface area contributed by atoms with Crippen molar-refractivity contribution < 1.29 is 4.79 Å². The maximum Gasteiger partial charge on any atom is 0.234 e. The van der Waals surface area contributed by atoms with Gasteiger partial charge in [-0.2, -0.15) is 0 Å². The third-order valence-electron chi connectivity index (χ3n) is 2.65. The summed E-state index contributed by atoms with van der Waals surface area (Å²) in [4.78, 5) is 18.7. The molecule has 1 amide bonds. The van der Waals surface area contributed by atoms with Crippen LogP contribution in [-0.4, -0.2) is 28.5 Å². The molecule has 5 nitrogen and oxygen atoms in total. The van der Waals surface area contributed by atoms with Gasteiger partial charge in [-0.05, 0) is 17.7 Å². The molecule has 0 unspecified atom stereocenters. The molecule has 96 valence electrons. The van der Waals surface area contributed by atoms with Gasteiger partial charge in [-0.1, -0.05) is 19.9 Å². The molecule has 0 radical (unpaired) electrons. The zero-order valence-corrected chi connectivity index (χ0v) is 10.7. The van der Waals surface area contributed by atoms with Crippen molar-refractivity contribution in [1.29, 1.82) is 0 Å². The Morgan fingerprint density at radius 3 is 3.06 bits per heavy atom. The SMILES string of the molecule is CC(C)NCC(=O)NCc1ccc2nc[nH]c2c1. The number of benzene rings is 1. The smallest absolute Gasteiger partial charge is 0.234 e. The summed E-state index contributed by atoms with van der Waals surface area (Å²) < 4.78 is 0. The highest BCUT2D eigenvalue weighted by molar-refractivity contribution is 5.78. The van der Waals surface area contributed by atoms with E-state index in [1.54, 1.807) is 6.33 Å². The Morgan fingerprint density at radius 1 is 1.44 bits per heavy atom. The topological polar surface area (TPSA) is 69.8 Å². The molecule has 0 aliphatic heterocycles. The van der Waals surface area contributed by atoms with Gasteiger partial charge in [-0.3, -0.25) is 4.79 Å². The third kappa shape index (κ3) is 3.30. The number of fused-ring (bicyclic) bond motifs is 1. The number of rotatable bonds is 5. The Balaban J connectivity index is 1.87. The monoisotopic (exact) mass is 246 g/mol. The first-order chi connectivity index (χ1) is 8.65. The predicted molar refractivity (Wildman–Crippen MR) is 71.1 cm³/mol. The number of hydrogen-bond acceptors (Lipinski definition) is 3. The van der Waals surface area contributed by atoms with Gasteiger partial charge in [-0.15, -0.1) is 0 Å². The minimum Gasteiger partial charge on any atom is -0.351 e. The van der Waals surface area contributed by atoms with E-state index in [2.05, 4.69) is 20.6 Å². The molecule has 0 saturated heterocycles. The summed E-state index contributed by atoms with van der Waals surface area (Å²) in [6, 6.07) is 6.23. The maximum atomic E-state index is 11.5. The average Bonchev–Trinajstić information content (AvgIpc) is 2.81. The number of amides is 1. The van der Waals surface area contributed by atoms with E-state index in [-0.39, 0.29) is 5.91 Å². The molecule has 1 aromatic heterocycles. The average molecular weight is 246 g/mol. The molecule has 18 heavy (non-hydrogen) atoms. The number of aromatic nitrogens is 2. The highest BCUT2D eigenvalue weighted by Gasteiger charge is 2.03. The predicted octanol–water partition coefficient (Wildman–Crippen LogP) is 1.18. The molecule has 5 heteroatoms. The fraction of sp³-hybridized carbons (Fsp3) is 0.385. The van der Waals surface area contributed by atoms with Crippen LogP contribution >= 0.6 is 0 Å². The quantitative estimate of drug-likeness (QED) is 0.742. The summed E-state index contributed by atoms with van der Waals surface area (Å²) in [5, 5.41) is 5.95. The highest BCUT2D eigenvalue weighted by Crippen LogP contribution is 2.11. The number of H-pyrrole nitrogens is 1. The lowest BCUT2D eigenvalue weighted by molar-refractivity contribution is -0.120. The van der Waals surface area contributed by atoms with Crippen molar-refractivity contribution in [2.45, 2.75) is 26.4 Å². The fourth-order valence-electron chi connectivity index (χ4n) is 1.65. The summed E-state index contributed by atoms with van der Waals surface area (Å²) in [6.45, 7) is 4.91. The minimum absolute atomic E-state index is 0.00778. The summed E-state index contributed by atoms with van der Waals surface area (Å²) >= 11 is 0. The van der Waals surface area contributed by atoms with E-state index in [0.717, 1.165) is 16.6 Å². The third-order valence-corrected chi connectivity index (χ3v) is 2.65. The molecule has 0 atom stereocenters. The van der Waals surface area contributed by atoms with Gasteiger partial charge in [0.25, 0.3) is 0 Å². The zero-order valence-electron chi connectivity index (χ0n) is 10.7. The molecule has 0 aliphatic rings. The number of carbonyl (C=O) groups is 1. The lowest BCUT2D eigenvalue weighted by atomic mass is 10.2. The fourth-order valence-corrected chi connectivity index (χ4v) is 1.65. The molecular formula is C13H18N4O. The number of nitrogens with zero attached hydrogens (tertiary/aromatic N) is 1. The van der Waals surface area contributed by atoms with Crippen molar-refractivity contribution in [1.82, 2.24) is 20.6 Å². The summed E-state index contributed by atoms with van der Waals surface area (Å²) in [5.74, 6) is 0.00778. The summed E-state index contributed by atoms with van der Waals surface area (Å²) in [7, 11) is 0. The largest absolute Gasteiger partial charge is 0.351 e. The van der Waals surface area contributed by atoms with E-state index in [0.29, 0.717) is 19.1 Å². The van der Waals surface area contributed by atoms with Gasteiger partial charge >= 0.3 is 0 Å².